The molecule has 1 aliphatic heterocycles. The lowest BCUT2D eigenvalue weighted by Gasteiger charge is -2.26. The fraction of sp³-hybridized carbons (Fsp3) is 0.333. The second-order valence-electron chi connectivity index (χ2n) is 9.10. The van der Waals surface area contributed by atoms with Crippen molar-refractivity contribution in [3.05, 3.63) is 93.4 Å². The number of para-hydroxylation sites is 1. The minimum atomic E-state index is -0.331. The summed E-state index contributed by atoms with van der Waals surface area (Å²) in [5.41, 5.74) is 4.32. The van der Waals surface area contributed by atoms with Crippen LogP contribution in [-0.4, -0.2) is 27.6 Å². The average Bonchev–Trinajstić information content (AvgIpc) is 3.19. The molecule has 7 heteroatoms. The number of nitrogens with one attached hydrogen (secondary N) is 1. The van der Waals surface area contributed by atoms with Gasteiger partial charge in [-0.1, -0.05) is 42.5 Å². The number of benzene rings is 2. The Balaban J connectivity index is 1.27. The summed E-state index contributed by atoms with van der Waals surface area (Å²) in [5, 5.41) is 7.42. The number of nitrogens with zero attached hydrogens (tertiary/aromatic N) is 3. The number of fused-ring (bicyclic) bond motifs is 2. The summed E-state index contributed by atoms with van der Waals surface area (Å²) in [6.45, 7) is 2.12. The molecule has 7 nitrogen and oxygen atoms in total. The molecule has 174 valence electrons. The molecule has 0 fully saturated rings. The summed E-state index contributed by atoms with van der Waals surface area (Å²) < 4.78 is 1.22. The Labute approximate surface area is 198 Å². The maximum Gasteiger partial charge on any atom is 0.278 e. The molecule has 1 N–H and O–H groups in total. The van der Waals surface area contributed by atoms with Crippen LogP contribution in [-0.2, 0) is 24.2 Å². The minimum absolute atomic E-state index is 0.00762. The molecular weight excluding hydrogens is 428 g/mol. The quantitative estimate of drug-likeness (QED) is 0.638. The molecule has 0 saturated carbocycles. The Morgan fingerprint density at radius 2 is 1.79 bits per heavy atom. The summed E-state index contributed by atoms with van der Waals surface area (Å²) >= 11 is 0. The number of hydrogen-bond acceptors (Lipinski definition) is 4. The SMILES string of the molecule is C[C@H]1Cc2ccccc2N1C(=O)c1ccc(=O)n(CCC(=O)N[C@H]2CCCc3ccccc32)n1. The van der Waals surface area contributed by atoms with E-state index in [-0.39, 0.29) is 48.1 Å². The van der Waals surface area contributed by atoms with E-state index in [0.717, 1.165) is 36.9 Å². The standard InChI is InChI=1S/C27H28N4O3/c1-18-17-20-8-3-5-12-24(20)31(18)27(34)23-13-14-26(33)30(29-23)16-15-25(32)28-22-11-6-9-19-7-2-4-10-21(19)22/h2-5,7-8,10,12-14,18,22H,6,9,11,15-17H2,1H3,(H,28,32)/t18-,22-/m0/s1. The Bertz CT molecular complexity index is 1300. The molecule has 5 rings (SSSR count). The van der Waals surface area contributed by atoms with Crippen molar-refractivity contribution in [2.75, 3.05) is 4.90 Å². The molecule has 1 aliphatic carbocycles. The molecule has 2 aliphatic rings. The van der Waals surface area contributed by atoms with Crippen LogP contribution in [0.15, 0.2) is 65.5 Å². The largest absolute Gasteiger partial charge is 0.349 e. The predicted octanol–water partition coefficient (Wildman–Crippen LogP) is 3.42. The van der Waals surface area contributed by atoms with Crippen molar-refractivity contribution in [2.45, 2.75) is 57.7 Å². The highest BCUT2D eigenvalue weighted by molar-refractivity contribution is 6.06. The van der Waals surface area contributed by atoms with Crippen molar-refractivity contribution in [1.82, 2.24) is 15.1 Å². The van der Waals surface area contributed by atoms with Gasteiger partial charge in [0.05, 0.1) is 12.6 Å². The molecule has 0 bridgehead atoms. The fourth-order valence-corrected chi connectivity index (χ4v) is 5.10. The van der Waals surface area contributed by atoms with Crippen LogP contribution in [0.5, 0.6) is 0 Å². The number of carbonyl (C=O) groups is 2. The van der Waals surface area contributed by atoms with Gasteiger partial charge in [-0.3, -0.25) is 14.4 Å². The van der Waals surface area contributed by atoms with Gasteiger partial charge < -0.3 is 10.2 Å². The summed E-state index contributed by atoms with van der Waals surface area (Å²) in [4.78, 5) is 40.1. The maximum absolute atomic E-state index is 13.3. The van der Waals surface area contributed by atoms with E-state index in [1.807, 2.05) is 43.3 Å². The second kappa shape index (κ2) is 9.25. The number of carbonyl (C=O) groups excluding carboxylic acids is 2. The number of anilines is 1. The van der Waals surface area contributed by atoms with Gasteiger partial charge in [-0.05, 0) is 61.4 Å². The second-order valence-corrected chi connectivity index (χ2v) is 9.10. The lowest BCUT2D eigenvalue weighted by molar-refractivity contribution is -0.122. The van der Waals surface area contributed by atoms with Crippen molar-refractivity contribution in [3.63, 3.8) is 0 Å². The summed E-state index contributed by atoms with van der Waals surface area (Å²) in [7, 11) is 0. The van der Waals surface area contributed by atoms with Crippen LogP contribution in [0, 0.1) is 0 Å². The van der Waals surface area contributed by atoms with Gasteiger partial charge in [0, 0.05) is 24.2 Å². The topological polar surface area (TPSA) is 84.3 Å². The van der Waals surface area contributed by atoms with E-state index >= 15 is 0 Å². The van der Waals surface area contributed by atoms with Crippen molar-refractivity contribution in [1.29, 1.82) is 0 Å². The number of aryl methyl sites for hydroxylation is 2. The first-order valence-corrected chi connectivity index (χ1v) is 11.9. The third kappa shape index (κ3) is 4.25. The Morgan fingerprint density at radius 1 is 1.03 bits per heavy atom. The van der Waals surface area contributed by atoms with Crippen LogP contribution in [0.3, 0.4) is 0 Å². The lowest BCUT2D eigenvalue weighted by Crippen LogP contribution is -2.38. The van der Waals surface area contributed by atoms with Crippen molar-refractivity contribution in [3.8, 4) is 0 Å². The van der Waals surface area contributed by atoms with Crippen molar-refractivity contribution < 1.29 is 9.59 Å². The molecule has 0 unspecified atom stereocenters. The van der Waals surface area contributed by atoms with Crippen molar-refractivity contribution >= 4 is 17.5 Å². The normalized spacial score (nSPS) is 18.8. The van der Waals surface area contributed by atoms with Crippen LogP contribution in [0.4, 0.5) is 5.69 Å². The van der Waals surface area contributed by atoms with E-state index in [2.05, 4.69) is 22.5 Å². The van der Waals surface area contributed by atoms with E-state index in [1.54, 1.807) is 4.90 Å². The van der Waals surface area contributed by atoms with Gasteiger partial charge in [0.25, 0.3) is 11.5 Å². The van der Waals surface area contributed by atoms with Gasteiger partial charge in [0.1, 0.15) is 5.69 Å². The molecule has 0 saturated heterocycles. The zero-order valence-electron chi connectivity index (χ0n) is 19.2. The smallest absolute Gasteiger partial charge is 0.278 e. The Hall–Kier alpha value is -3.74. The number of amides is 2. The number of hydrogen-bond donors (Lipinski definition) is 1. The van der Waals surface area contributed by atoms with Gasteiger partial charge in [-0.25, -0.2) is 4.68 Å². The molecule has 2 atom stereocenters. The van der Waals surface area contributed by atoms with E-state index in [9.17, 15) is 14.4 Å². The van der Waals surface area contributed by atoms with Gasteiger partial charge in [0.15, 0.2) is 0 Å². The zero-order chi connectivity index (χ0) is 23.7. The van der Waals surface area contributed by atoms with Gasteiger partial charge in [0.2, 0.25) is 5.91 Å². The first-order valence-electron chi connectivity index (χ1n) is 11.9. The fourth-order valence-electron chi connectivity index (χ4n) is 5.10. The van der Waals surface area contributed by atoms with Crippen LogP contribution in [0.25, 0.3) is 0 Å². The summed E-state index contributed by atoms with van der Waals surface area (Å²) in [6, 6.07) is 18.9. The van der Waals surface area contributed by atoms with Crippen LogP contribution < -0.4 is 15.8 Å². The molecule has 0 radical (unpaired) electrons. The molecule has 2 aromatic carbocycles. The Morgan fingerprint density at radius 3 is 2.65 bits per heavy atom. The van der Waals surface area contributed by atoms with Crippen LogP contribution >= 0.6 is 0 Å². The van der Waals surface area contributed by atoms with Crippen LogP contribution in [0.2, 0.25) is 0 Å². The van der Waals surface area contributed by atoms with Gasteiger partial charge >= 0.3 is 0 Å². The highest BCUT2D eigenvalue weighted by Crippen LogP contribution is 2.33. The maximum atomic E-state index is 13.3. The molecule has 0 spiro atoms. The van der Waals surface area contributed by atoms with Gasteiger partial charge in [-0.15, -0.1) is 0 Å². The molecular formula is C27H28N4O3. The Kier molecular flexibility index (Phi) is 6.01. The van der Waals surface area contributed by atoms with E-state index < -0.39 is 0 Å². The molecule has 2 heterocycles. The van der Waals surface area contributed by atoms with Crippen molar-refractivity contribution in [2.24, 2.45) is 0 Å². The molecule has 1 aromatic heterocycles. The summed E-state index contributed by atoms with van der Waals surface area (Å²) in [6.07, 6.45) is 3.87. The third-order valence-electron chi connectivity index (χ3n) is 6.77. The highest BCUT2D eigenvalue weighted by atomic mass is 16.2. The first kappa shape index (κ1) is 22.1. The van der Waals surface area contributed by atoms with E-state index in [4.69, 9.17) is 0 Å². The molecule has 2 amide bonds. The minimum Gasteiger partial charge on any atom is -0.349 e. The molecule has 3 aromatic rings. The third-order valence-corrected chi connectivity index (χ3v) is 6.77. The average molecular weight is 457 g/mol. The first-order chi connectivity index (χ1) is 16.5. The van der Waals surface area contributed by atoms with Gasteiger partial charge in [-0.2, -0.15) is 5.10 Å². The summed E-state index contributed by atoms with van der Waals surface area (Å²) in [5.74, 6) is -0.372. The predicted molar refractivity (Wildman–Crippen MR) is 130 cm³/mol. The monoisotopic (exact) mass is 456 g/mol. The van der Waals surface area contributed by atoms with Crippen LogP contribution in [0.1, 0.15) is 59.4 Å². The number of rotatable bonds is 5. The zero-order valence-corrected chi connectivity index (χ0v) is 19.2. The van der Waals surface area contributed by atoms with E-state index in [0.29, 0.717) is 0 Å². The lowest BCUT2D eigenvalue weighted by atomic mass is 9.88. The molecule has 34 heavy (non-hydrogen) atoms. The van der Waals surface area contributed by atoms with E-state index in [1.165, 1.54) is 27.9 Å². The number of aromatic nitrogens is 2. The highest BCUT2D eigenvalue weighted by Gasteiger charge is 2.32.